The van der Waals surface area contributed by atoms with Crippen LogP contribution in [-0.2, 0) is 28.6 Å². The first-order chi connectivity index (χ1) is 8.97. The summed E-state index contributed by atoms with van der Waals surface area (Å²) in [6, 6.07) is 0. The first kappa shape index (κ1) is 17.5. The fourth-order valence-electron chi connectivity index (χ4n) is 1.07. The van der Waals surface area contributed by atoms with Crippen LogP contribution in [0, 0.1) is 0 Å². The predicted octanol–water partition coefficient (Wildman–Crippen LogP) is 0.405. The van der Waals surface area contributed by atoms with E-state index >= 15 is 0 Å². The molecule has 0 heterocycles. The van der Waals surface area contributed by atoms with Crippen molar-refractivity contribution in [2.45, 2.75) is 32.3 Å². The summed E-state index contributed by atoms with van der Waals surface area (Å²) in [7, 11) is 1.38. The molecule has 0 saturated heterocycles. The van der Waals surface area contributed by atoms with E-state index in [1.54, 1.807) is 0 Å². The number of hydrogen-bond donors (Lipinski definition) is 1. The SMILES string of the molecule is COC(C)C(=O)OCC(=O)CCCOCCC(=O)O. The van der Waals surface area contributed by atoms with Gasteiger partial charge in [0.05, 0.1) is 13.0 Å². The summed E-state index contributed by atoms with van der Waals surface area (Å²) in [5.41, 5.74) is 0. The van der Waals surface area contributed by atoms with Crippen LogP contribution in [0.2, 0.25) is 0 Å². The second kappa shape index (κ2) is 10.5. The molecule has 19 heavy (non-hydrogen) atoms. The molecule has 0 bridgehead atoms. The summed E-state index contributed by atoms with van der Waals surface area (Å²) in [6.07, 6.45) is -0.0509. The second-order valence-corrected chi connectivity index (χ2v) is 3.88. The number of carboxylic acids is 1. The van der Waals surface area contributed by atoms with Gasteiger partial charge < -0.3 is 19.3 Å². The van der Waals surface area contributed by atoms with Gasteiger partial charge in [0.2, 0.25) is 0 Å². The number of esters is 1. The normalized spacial score (nSPS) is 11.9. The minimum atomic E-state index is -0.921. The Morgan fingerprint density at radius 1 is 1.16 bits per heavy atom. The zero-order valence-corrected chi connectivity index (χ0v) is 11.2. The summed E-state index contributed by atoms with van der Waals surface area (Å²) < 4.78 is 14.5. The van der Waals surface area contributed by atoms with Gasteiger partial charge in [0.1, 0.15) is 6.61 Å². The molecule has 1 atom stereocenters. The Kier molecular flexibility index (Phi) is 9.64. The Morgan fingerprint density at radius 3 is 2.42 bits per heavy atom. The van der Waals surface area contributed by atoms with Gasteiger partial charge in [-0.25, -0.2) is 4.79 Å². The number of Topliss-reactive ketones (excluding diaryl/α,β-unsaturated/α-hetero) is 1. The van der Waals surface area contributed by atoms with Gasteiger partial charge in [-0.1, -0.05) is 0 Å². The van der Waals surface area contributed by atoms with E-state index in [0.717, 1.165) is 0 Å². The van der Waals surface area contributed by atoms with E-state index in [1.165, 1.54) is 14.0 Å². The summed E-state index contributed by atoms with van der Waals surface area (Å²) in [5, 5.41) is 8.35. The lowest BCUT2D eigenvalue weighted by molar-refractivity contribution is -0.157. The number of carbonyl (C=O) groups is 3. The molecule has 0 aromatic heterocycles. The largest absolute Gasteiger partial charge is 0.481 e. The molecule has 0 rings (SSSR count). The average Bonchev–Trinajstić information content (AvgIpc) is 2.38. The van der Waals surface area contributed by atoms with Crippen LogP contribution in [0.5, 0.6) is 0 Å². The van der Waals surface area contributed by atoms with E-state index < -0.39 is 18.0 Å². The first-order valence-corrected chi connectivity index (χ1v) is 5.98. The van der Waals surface area contributed by atoms with Crippen LogP contribution in [0.4, 0.5) is 0 Å². The number of ketones is 1. The van der Waals surface area contributed by atoms with Crippen LogP contribution in [0.3, 0.4) is 0 Å². The fraction of sp³-hybridized carbons (Fsp3) is 0.750. The van der Waals surface area contributed by atoms with Gasteiger partial charge >= 0.3 is 11.9 Å². The van der Waals surface area contributed by atoms with Crippen molar-refractivity contribution in [3.63, 3.8) is 0 Å². The highest BCUT2D eigenvalue weighted by Crippen LogP contribution is 1.97. The highest BCUT2D eigenvalue weighted by Gasteiger charge is 2.14. The number of carbonyl (C=O) groups excluding carboxylic acids is 2. The Hall–Kier alpha value is -1.47. The molecule has 1 unspecified atom stereocenters. The van der Waals surface area contributed by atoms with Crippen LogP contribution < -0.4 is 0 Å². The van der Waals surface area contributed by atoms with Crippen molar-refractivity contribution < 1.29 is 33.7 Å². The van der Waals surface area contributed by atoms with Crippen molar-refractivity contribution in [3.8, 4) is 0 Å². The molecule has 0 amide bonds. The molecule has 0 aliphatic carbocycles. The quantitative estimate of drug-likeness (QED) is 0.431. The minimum absolute atomic E-state index is 0.0551. The van der Waals surface area contributed by atoms with Crippen LogP contribution in [0.15, 0.2) is 0 Å². The van der Waals surface area contributed by atoms with Gasteiger partial charge in [0.25, 0.3) is 0 Å². The maximum Gasteiger partial charge on any atom is 0.335 e. The maximum atomic E-state index is 11.3. The molecule has 1 N–H and O–H groups in total. The first-order valence-electron chi connectivity index (χ1n) is 5.98. The lowest BCUT2D eigenvalue weighted by atomic mass is 10.2. The van der Waals surface area contributed by atoms with Gasteiger partial charge in [-0.05, 0) is 13.3 Å². The van der Waals surface area contributed by atoms with Crippen molar-refractivity contribution in [1.82, 2.24) is 0 Å². The Bertz CT molecular complexity index is 300. The molecule has 0 radical (unpaired) electrons. The van der Waals surface area contributed by atoms with Crippen molar-refractivity contribution >= 4 is 17.7 Å². The van der Waals surface area contributed by atoms with Crippen molar-refractivity contribution in [1.29, 1.82) is 0 Å². The number of methoxy groups -OCH3 is 1. The van der Waals surface area contributed by atoms with Crippen LogP contribution in [0.25, 0.3) is 0 Å². The van der Waals surface area contributed by atoms with E-state index in [2.05, 4.69) is 0 Å². The third kappa shape index (κ3) is 10.2. The third-order valence-electron chi connectivity index (χ3n) is 2.27. The predicted molar refractivity (Wildman–Crippen MR) is 64.7 cm³/mol. The van der Waals surface area contributed by atoms with Crippen molar-refractivity contribution in [3.05, 3.63) is 0 Å². The van der Waals surface area contributed by atoms with Crippen LogP contribution in [-0.4, -0.2) is 55.9 Å². The second-order valence-electron chi connectivity index (χ2n) is 3.88. The monoisotopic (exact) mass is 276 g/mol. The zero-order chi connectivity index (χ0) is 14.7. The summed E-state index contributed by atoms with van der Waals surface area (Å²) in [4.78, 5) is 32.7. The molecule has 7 nitrogen and oxygen atoms in total. The summed E-state index contributed by atoms with van der Waals surface area (Å²) >= 11 is 0. The summed E-state index contributed by atoms with van der Waals surface area (Å²) in [6.45, 7) is 1.69. The Balaban J connectivity index is 3.50. The molecule has 0 aliphatic rings. The molecule has 0 saturated carbocycles. The number of aliphatic carboxylic acids is 1. The standard InChI is InChI=1S/C12H20O7/c1-9(17-2)12(16)19-8-10(13)4-3-6-18-7-5-11(14)15/h9H,3-8H2,1-2H3,(H,14,15). The fourth-order valence-corrected chi connectivity index (χ4v) is 1.07. The number of ether oxygens (including phenoxy) is 3. The van der Waals surface area contributed by atoms with E-state index in [4.69, 9.17) is 19.3 Å². The van der Waals surface area contributed by atoms with Gasteiger partial charge in [-0.3, -0.25) is 9.59 Å². The molecule has 0 aliphatic heterocycles. The number of carboxylic acid groups (broad SMARTS) is 1. The number of rotatable bonds is 11. The van der Waals surface area contributed by atoms with E-state index in [0.29, 0.717) is 13.0 Å². The van der Waals surface area contributed by atoms with Gasteiger partial charge in [-0.2, -0.15) is 0 Å². The Morgan fingerprint density at radius 2 is 1.84 bits per heavy atom. The molecule has 0 spiro atoms. The lowest BCUT2D eigenvalue weighted by Crippen LogP contribution is -2.24. The van der Waals surface area contributed by atoms with E-state index in [1.807, 2.05) is 0 Å². The van der Waals surface area contributed by atoms with Crippen molar-refractivity contribution in [2.24, 2.45) is 0 Å². The smallest absolute Gasteiger partial charge is 0.335 e. The van der Waals surface area contributed by atoms with Gasteiger partial charge in [0.15, 0.2) is 11.9 Å². The molecule has 0 aromatic carbocycles. The van der Waals surface area contributed by atoms with Gasteiger partial charge in [-0.15, -0.1) is 0 Å². The highest BCUT2D eigenvalue weighted by atomic mass is 16.6. The third-order valence-corrected chi connectivity index (χ3v) is 2.27. The van der Waals surface area contributed by atoms with E-state index in [-0.39, 0.29) is 31.8 Å². The van der Waals surface area contributed by atoms with Gasteiger partial charge in [0, 0.05) is 20.1 Å². The average molecular weight is 276 g/mol. The molecule has 0 aromatic rings. The molecular weight excluding hydrogens is 256 g/mol. The number of hydrogen-bond acceptors (Lipinski definition) is 6. The summed E-state index contributed by atoms with van der Waals surface area (Å²) in [5.74, 6) is -1.71. The van der Waals surface area contributed by atoms with Crippen molar-refractivity contribution in [2.75, 3.05) is 26.9 Å². The highest BCUT2D eigenvalue weighted by molar-refractivity contribution is 5.83. The molecule has 0 fully saturated rings. The zero-order valence-electron chi connectivity index (χ0n) is 11.2. The molecular formula is C12H20O7. The van der Waals surface area contributed by atoms with E-state index in [9.17, 15) is 14.4 Å². The lowest BCUT2D eigenvalue weighted by Gasteiger charge is -2.09. The van der Waals surface area contributed by atoms with Crippen LogP contribution in [0.1, 0.15) is 26.2 Å². The Labute approximate surface area is 111 Å². The van der Waals surface area contributed by atoms with Crippen LogP contribution >= 0.6 is 0 Å². The molecule has 7 heteroatoms. The topological polar surface area (TPSA) is 99.1 Å². The maximum absolute atomic E-state index is 11.3. The minimum Gasteiger partial charge on any atom is -0.481 e. The molecule has 110 valence electrons.